The highest BCUT2D eigenvalue weighted by Crippen LogP contribution is 2.22. The van der Waals surface area contributed by atoms with Crippen LogP contribution in [0.3, 0.4) is 0 Å². The number of carboxylic acid groups (broad SMARTS) is 1. The monoisotopic (exact) mass is 312 g/mol. The highest BCUT2D eigenvalue weighted by atomic mass is 32.2. The Morgan fingerprint density at radius 3 is 2.86 bits per heavy atom. The number of aliphatic carboxylic acids is 1. The second-order valence-corrected chi connectivity index (χ2v) is 6.00. The van der Waals surface area contributed by atoms with Crippen LogP contribution in [0.4, 0.5) is 9.18 Å². The lowest BCUT2D eigenvalue weighted by atomic mass is 10.1. The average Bonchev–Trinajstić information content (AvgIpc) is 2.91. The van der Waals surface area contributed by atoms with E-state index >= 15 is 0 Å². The summed E-state index contributed by atoms with van der Waals surface area (Å²) in [5.74, 6) is -0.605. The molecule has 1 saturated heterocycles. The number of benzene rings is 1. The van der Waals surface area contributed by atoms with Gasteiger partial charge in [-0.05, 0) is 31.0 Å². The summed E-state index contributed by atoms with van der Waals surface area (Å²) in [4.78, 5) is 24.5. The van der Waals surface area contributed by atoms with Crippen molar-refractivity contribution < 1.29 is 19.1 Å². The molecule has 0 aliphatic carbocycles. The molecule has 2 rings (SSSR count). The van der Waals surface area contributed by atoms with Crippen molar-refractivity contribution in [1.82, 2.24) is 10.2 Å². The Morgan fingerprint density at radius 1 is 1.52 bits per heavy atom. The van der Waals surface area contributed by atoms with Gasteiger partial charge in [-0.15, -0.1) is 11.8 Å². The molecule has 0 spiro atoms. The molecule has 21 heavy (non-hydrogen) atoms. The fraction of sp³-hybridized carbons (Fsp3) is 0.429. The van der Waals surface area contributed by atoms with Gasteiger partial charge in [0, 0.05) is 5.75 Å². The van der Waals surface area contributed by atoms with Gasteiger partial charge < -0.3 is 15.3 Å². The van der Waals surface area contributed by atoms with E-state index < -0.39 is 24.1 Å². The predicted octanol–water partition coefficient (Wildman–Crippen LogP) is 2.36. The van der Waals surface area contributed by atoms with Crippen LogP contribution < -0.4 is 5.32 Å². The van der Waals surface area contributed by atoms with Gasteiger partial charge in [0.15, 0.2) is 0 Å². The highest BCUT2D eigenvalue weighted by molar-refractivity contribution is 7.99. The average molecular weight is 312 g/mol. The van der Waals surface area contributed by atoms with E-state index in [-0.39, 0.29) is 5.82 Å². The van der Waals surface area contributed by atoms with Crippen molar-refractivity contribution in [3.63, 3.8) is 0 Å². The minimum absolute atomic E-state index is 0.325. The number of carbonyl (C=O) groups excluding carboxylic acids is 1. The van der Waals surface area contributed by atoms with Crippen molar-refractivity contribution >= 4 is 23.8 Å². The molecule has 0 aromatic heterocycles. The zero-order chi connectivity index (χ0) is 15.6. The molecule has 0 saturated carbocycles. The number of carboxylic acids is 1. The smallest absolute Gasteiger partial charge is 0.327 e. The Bertz CT molecular complexity index is 567. The number of amides is 2. The number of nitrogens with one attached hydrogen (secondary N) is 1. The van der Waals surface area contributed by atoms with Crippen LogP contribution >= 0.6 is 11.8 Å². The van der Waals surface area contributed by atoms with E-state index in [1.807, 2.05) is 0 Å². The second kappa shape index (κ2) is 6.34. The topological polar surface area (TPSA) is 69.6 Å². The molecule has 7 heteroatoms. The zero-order valence-electron chi connectivity index (χ0n) is 11.8. The Kier molecular flexibility index (Phi) is 4.72. The molecule has 1 unspecified atom stereocenters. The van der Waals surface area contributed by atoms with Crippen molar-refractivity contribution in [3.05, 3.63) is 35.1 Å². The highest BCUT2D eigenvalue weighted by Gasteiger charge is 2.35. The first kappa shape index (κ1) is 15.6. The molecule has 0 radical (unpaired) electrons. The molecular formula is C14H17FN2O3S. The first-order valence-corrected chi connectivity index (χ1v) is 7.69. The standard InChI is InChI=1S/C14H17FN2O3S/c1-8-3-4-10(5-11(8)15)9(2)16-14(20)17-7-21-6-12(17)13(18)19/h3-5,9,12H,6-7H2,1-2H3,(H,16,20)(H,18,19)/t9?,12-/m0/s1. The SMILES string of the molecule is Cc1ccc(C(C)NC(=O)N2CSC[C@H]2C(=O)O)cc1F. The number of carbonyl (C=O) groups is 2. The Balaban J connectivity index is 2.04. The predicted molar refractivity (Wildman–Crippen MR) is 78.7 cm³/mol. The van der Waals surface area contributed by atoms with Crippen molar-refractivity contribution in [3.8, 4) is 0 Å². The molecule has 1 aromatic rings. The normalized spacial score (nSPS) is 19.4. The van der Waals surface area contributed by atoms with Crippen LogP contribution in [-0.2, 0) is 4.79 Å². The number of thioether (sulfide) groups is 1. The summed E-state index contributed by atoms with van der Waals surface area (Å²) in [5, 5.41) is 11.8. The zero-order valence-corrected chi connectivity index (χ0v) is 12.6. The molecule has 1 aliphatic heterocycles. The fourth-order valence-corrected chi connectivity index (χ4v) is 3.22. The number of hydrogen-bond donors (Lipinski definition) is 2. The van der Waals surface area contributed by atoms with Gasteiger partial charge in [-0.3, -0.25) is 0 Å². The van der Waals surface area contributed by atoms with Gasteiger partial charge in [-0.25, -0.2) is 14.0 Å². The van der Waals surface area contributed by atoms with E-state index in [1.165, 1.54) is 22.7 Å². The van der Waals surface area contributed by atoms with Gasteiger partial charge in [-0.2, -0.15) is 0 Å². The van der Waals surface area contributed by atoms with Gasteiger partial charge in [-0.1, -0.05) is 12.1 Å². The molecule has 1 heterocycles. The molecule has 2 N–H and O–H groups in total. The quantitative estimate of drug-likeness (QED) is 0.899. The van der Waals surface area contributed by atoms with Crippen molar-refractivity contribution in [1.29, 1.82) is 0 Å². The van der Waals surface area contributed by atoms with Crippen LogP contribution in [0.2, 0.25) is 0 Å². The minimum Gasteiger partial charge on any atom is -0.480 e. The maximum absolute atomic E-state index is 13.5. The van der Waals surface area contributed by atoms with Gasteiger partial charge in [0.25, 0.3) is 0 Å². The van der Waals surface area contributed by atoms with Crippen molar-refractivity contribution in [2.45, 2.75) is 25.9 Å². The molecule has 1 aromatic carbocycles. The van der Waals surface area contributed by atoms with E-state index in [9.17, 15) is 14.0 Å². The summed E-state index contributed by atoms with van der Waals surface area (Å²) in [7, 11) is 0. The van der Waals surface area contributed by atoms with Crippen LogP contribution in [-0.4, -0.2) is 39.7 Å². The van der Waals surface area contributed by atoms with E-state index in [0.717, 1.165) is 0 Å². The largest absolute Gasteiger partial charge is 0.480 e. The lowest BCUT2D eigenvalue weighted by Gasteiger charge is -2.24. The summed E-state index contributed by atoms with van der Waals surface area (Å²) in [6.45, 7) is 3.41. The molecule has 114 valence electrons. The Hall–Kier alpha value is -1.76. The van der Waals surface area contributed by atoms with Crippen LogP contribution in [0.1, 0.15) is 24.1 Å². The number of rotatable bonds is 3. The lowest BCUT2D eigenvalue weighted by Crippen LogP contribution is -2.47. The van der Waals surface area contributed by atoms with E-state index in [0.29, 0.717) is 22.8 Å². The van der Waals surface area contributed by atoms with Gasteiger partial charge in [0.2, 0.25) is 0 Å². The van der Waals surface area contributed by atoms with Crippen molar-refractivity contribution in [2.75, 3.05) is 11.6 Å². The molecule has 1 fully saturated rings. The molecule has 2 atom stereocenters. The maximum atomic E-state index is 13.5. The molecule has 0 bridgehead atoms. The molecule has 2 amide bonds. The summed E-state index contributed by atoms with van der Waals surface area (Å²) >= 11 is 1.40. The molecular weight excluding hydrogens is 295 g/mol. The first-order chi connectivity index (χ1) is 9.90. The summed E-state index contributed by atoms with van der Waals surface area (Å²) in [6, 6.07) is 3.13. The van der Waals surface area contributed by atoms with Gasteiger partial charge in [0.1, 0.15) is 11.9 Å². The molecule has 1 aliphatic rings. The Labute approximate surface area is 126 Å². The summed E-state index contributed by atoms with van der Waals surface area (Å²) in [5.41, 5.74) is 1.18. The van der Waals surface area contributed by atoms with E-state index in [4.69, 9.17) is 5.11 Å². The second-order valence-electron chi connectivity index (χ2n) is 5.00. The van der Waals surface area contributed by atoms with Crippen LogP contribution in [0, 0.1) is 12.7 Å². The molecule has 5 nitrogen and oxygen atoms in total. The summed E-state index contributed by atoms with van der Waals surface area (Å²) in [6.07, 6.45) is 0. The van der Waals surface area contributed by atoms with E-state index in [1.54, 1.807) is 26.0 Å². The van der Waals surface area contributed by atoms with Crippen LogP contribution in [0.15, 0.2) is 18.2 Å². The fourth-order valence-electron chi connectivity index (χ4n) is 2.08. The minimum atomic E-state index is -1.01. The first-order valence-electron chi connectivity index (χ1n) is 6.54. The van der Waals surface area contributed by atoms with Crippen LogP contribution in [0.5, 0.6) is 0 Å². The maximum Gasteiger partial charge on any atom is 0.327 e. The number of urea groups is 1. The van der Waals surface area contributed by atoms with Crippen LogP contribution in [0.25, 0.3) is 0 Å². The lowest BCUT2D eigenvalue weighted by molar-refractivity contribution is -0.140. The Morgan fingerprint density at radius 2 is 2.24 bits per heavy atom. The third-order valence-corrected chi connectivity index (χ3v) is 4.48. The van der Waals surface area contributed by atoms with E-state index in [2.05, 4.69) is 5.32 Å². The number of hydrogen-bond acceptors (Lipinski definition) is 3. The van der Waals surface area contributed by atoms with Gasteiger partial charge >= 0.3 is 12.0 Å². The number of halogens is 1. The third-order valence-electron chi connectivity index (χ3n) is 3.46. The van der Waals surface area contributed by atoms with Gasteiger partial charge in [0.05, 0.1) is 11.9 Å². The summed E-state index contributed by atoms with van der Waals surface area (Å²) < 4.78 is 13.5. The number of aryl methyl sites for hydroxylation is 1. The van der Waals surface area contributed by atoms with Crippen molar-refractivity contribution in [2.24, 2.45) is 0 Å². The third kappa shape index (κ3) is 3.47. The number of nitrogens with zero attached hydrogens (tertiary/aromatic N) is 1.